The lowest BCUT2D eigenvalue weighted by atomic mass is 10.1. The van der Waals surface area contributed by atoms with Gasteiger partial charge in [-0.2, -0.15) is 5.10 Å². The monoisotopic (exact) mass is 395 g/mol. The Labute approximate surface area is 164 Å². The molecule has 6 nitrogen and oxygen atoms in total. The molecule has 0 fully saturated rings. The van der Waals surface area contributed by atoms with Gasteiger partial charge in [0.25, 0.3) is 5.91 Å². The maximum atomic E-state index is 12.6. The van der Waals surface area contributed by atoms with Crippen molar-refractivity contribution in [2.24, 2.45) is 7.05 Å². The van der Waals surface area contributed by atoms with Crippen LogP contribution in [0.15, 0.2) is 60.2 Å². The maximum Gasteiger partial charge on any atom is 0.275 e. The third-order valence-corrected chi connectivity index (χ3v) is 4.96. The number of benzene rings is 1. The number of amides is 1. The first-order valence-corrected chi connectivity index (χ1v) is 9.33. The van der Waals surface area contributed by atoms with Crippen molar-refractivity contribution in [3.63, 3.8) is 0 Å². The third-order valence-electron chi connectivity index (χ3n) is 3.95. The molecular formula is C19H14ClN5OS. The van der Waals surface area contributed by atoms with Crippen molar-refractivity contribution in [2.75, 3.05) is 5.32 Å². The molecule has 27 heavy (non-hydrogen) atoms. The van der Waals surface area contributed by atoms with Gasteiger partial charge >= 0.3 is 0 Å². The average molecular weight is 396 g/mol. The van der Waals surface area contributed by atoms with Crippen molar-refractivity contribution in [1.29, 1.82) is 0 Å². The lowest BCUT2D eigenvalue weighted by Gasteiger charge is -2.01. The molecular weight excluding hydrogens is 382 g/mol. The summed E-state index contributed by atoms with van der Waals surface area (Å²) in [5.41, 5.74) is 3.79. The zero-order valence-corrected chi connectivity index (χ0v) is 15.8. The van der Waals surface area contributed by atoms with Gasteiger partial charge in [0.2, 0.25) is 0 Å². The standard InChI is InChI=1S/C19H14ClN5OS/c1-25-17(10-15(24-25)12-2-4-14(20)5-3-12)18(26)23-19-22-16(11-27-19)13-6-8-21-9-7-13/h2-11H,1H3,(H,22,23,26). The van der Waals surface area contributed by atoms with Crippen LogP contribution in [0.3, 0.4) is 0 Å². The molecule has 0 radical (unpaired) electrons. The van der Waals surface area contributed by atoms with E-state index in [-0.39, 0.29) is 5.91 Å². The number of aromatic nitrogens is 4. The lowest BCUT2D eigenvalue weighted by Crippen LogP contribution is -2.15. The van der Waals surface area contributed by atoms with Crippen LogP contribution in [0, 0.1) is 0 Å². The first-order chi connectivity index (χ1) is 13.1. The Kier molecular flexibility index (Phi) is 4.70. The summed E-state index contributed by atoms with van der Waals surface area (Å²) in [7, 11) is 1.73. The quantitative estimate of drug-likeness (QED) is 0.551. The minimum atomic E-state index is -0.263. The van der Waals surface area contributed by atoms with Crippen LogP contribution in [0.5, 0.6) is 0 Å². The van der Waals surface area contributed by atoms with E-state index in [1.54, 1.807) is 42.3 Å². The lowest BCUT2D eigenvalue weighted by molar-refractivity contribution is 0.101. The van der Waals surface area contributed by atoms with Gasteiger partial charge in [-0.25, -0.2) is 4.98 Å². The normalized spacial score (nSPS) is 10.7. The molecule has 4 aromatic rings. The van der Waals surface area contributed by atoms with Gasteiger partial charge in [-0.1, -0.05) is 23.7 Å². The number of nitrogens with zero attached hydrogens (tertiary/aromatic N) is 4. The van der Waals surface area contributed by atoms with E-state index in [1.807, 2.05) is 29.6 Å². The van der Waals surface area contributed by atoms with Crippen LogP contribution in [-0.2, 0) is 7.05 Å². The molecule has 8 heteroatoms. The van der Waals surface area contributed by atoms with Crippen LogP contribution in [0.4, 0.5) is 5.13 Å². The molecule has 1 N–H and O–H groups in total. The van der Waals surface area contributed by atoms with Crippen molar-refractivity contribution in [1.82, 2.24) is 19.7 Å². The van der Waals surface area contributed by atoms with Crippen molar-refractivity contribution >= 4 is 34.0 Å². The number of anilines is 1. The number of carbonyl (C=O) groups is 1. The fourth-order valence-electron chi connectivity index (χ4n) is 2.59. The SMILES string of the molecule is Cn1nc(-c2ccc(Cl)cc2)cc1C(=O)Nc1nc(-c2ccncc2)cs1. The van der Waals surface area contributed by atoms with Crippen LogP contribution in [0.1, 0.15) is 10.5 Å². The van der Waals surface area contributed by atoms with E-state index in [9.17, 15) is 4.79 Å². The third kappa shape index (κ3) is 3.74. The van der Waals surface area contributed by atoms with Gasteiger partial charge in [-0.3, -0.25) is 19.8 Å². The Balaban J connectivity index is 1.54. The molecule has 0 aliphatic rings. The minimum absolute atomic E-state index is 0.263. The summed E-state index contributed by atoms with van der Waals surface area (Å²) in [6.07, 6.45) is 3.42. The molecule has 3 heterocycles. The largest absolute Gasteiger partial charge is 0.296 e. The van der Waals surface area contributed by atoms with Crippen molar-refractivity contribution in [3.8, 4) is 22.5 Å². The average Bonchev–Trinajstić information content (AvgIpc) is 3.30. The van der Waals surface area contributed by atoms with Gasteiger partial charge in [-0.05, 0) is 30.3 Å². The van der Waals surface area contributed by atoms with Gasteiger partial charge in [0.05, 0.1) is 11.4 Å². The Morgan fingerprint density at radius 1 is 1.07 bits per heavy atom. The van der Waals surface area contributed by atoms with Gasteiger partial charge in [0.15, 0.2) is 5.13 Å². The zero-order chi connectivity index (χ0) is 18.8. The van der Waals surface area contributed by atoms with Gasteiger partial charge in [0, 0.05) is 41.0 Å². The molecule has 0 spiro atoms. The van der Waals surface area contributed by atoms with E-state index in [1.165, 1.54) is 11.3 Å². The first-order valence-electron chi connectivity index (χ1n) is 8.07. The number of halogens is 1. The summed E-state index contributed by atoms with van der Waals surface area (Å²) in [5, 5.41) is 10.3. The molecule has 0 aliphatic heterocycles. The fourth-order valence-corrected chi connectivity index (χ4v) is 3.43. The van der Waals surface area contributed by atoms with E-state index in [0.717, 1.165) is 16.8 Å². The molecule has 0 bridgehead atoms. The number of rotatable bonds is 4. The second kappa shape index (κ2) is 7.30. The first kappa shape index (κ1) is 17.4. The molecule has 3 aromatic heterocycles. The number of hydrogen-bond acceptors (Lipinski definition) is 5. The summed E-state index contributed by atoms with van der Waals surface area (Å²) in [4.78, 5) is 21.1. The Hall–Kier alpha value is -3.03. The van der Waals surface area contributed by atoms with Crippen molar-refractivity contribution in [2.45, 2.75) is 0 Å². The highest BCUT2D eigenvalue weighted by Gasteiger charge is 2.16. The summed E-state index contributed by atoms with van der Waals surface area (Å²) >= 11 is 7.29. The Bertz CT molecular complexity index is 1090. The maximum absolute atomic E-state index is 12.6. The number of pyridine rings is 1. The molecule has 0 aliphatic carbocycles. The van der Waals surface area contributed by atoms with E-state index in [0.29, 0.717) is 21.5 Å². The number of thiazole rings is 1. The number of nitrogens with one attached hydrogen (secondary N) is 1. The van der Waals surface area contributed by atoms with Crippen LogP contribution in [0.2, 0.25) is 5.02 Å². The number of aryl methyl sites for hydroxylation is 1. The molecule has 4 rings (SSSR count). The van der Waals surface area contributed by atoms with Crippen molar-refractivity contribution < 1.29 is 4.79 Å². The Morgan fingerprint density at radius 3 is 2.52 bits per heavy atom. The molecule has 0 saturated heterocycles. The highest BCUT2D eigenvalue weighted by molar-refractivity contribution is 7.14. The van der Waals surface area contributed by atoms with Gasteiger partial charge < -0.3 is 0 Å². The van der Waals surface area contributed by atoms with Crippen LogP contribution < -0.4 is 5.32 Å². The van der Waals surface area contributed by atoms with Gasteiger partial charge in [-0.15, -0.1) is 11.3 Å². The second-order valence-electron chi connectivity index (χ2n) is 5.77. The predicted molar refractivity (Wildman–Crippen MR) is 107 cm³/mol. The second-order valence-corrected chi connectivity index (χ2v) is 7.07. The smallest absolute Gasteiger partial charge is 0.275 e. The molecule has 134 valence electrons. The number of hydrogen-bond donors (Lipinski definition) is 1. The summed E-state index contributed by atoms with van der Waals surface area (Å²) in [6, 6.07) is 12.8. The van der Waals surface area contributed by atoms with Crippen LogP contribution in [-0.4, -0.2) is 25.7 Å². The van der Waals surface area contributed by atoms with E-state index in [2.05, 4.69) is 20.4 Å². The highest BCUT2D eigenvalue weighted by atomic mass is 35.5. The summed E-state index contributed by atoms with van der Waals surface area (Å²) in [5.74, 6) is -0.263. The molecule has 1 amide bonds. The van der Waals surface area contributed by atoms with E-state index >= 15 is 0 Å². The fraction of sp³-hybridized carbons (Fsp3) is 0.0526. The minimum Gasteiger partial charge on any atom is -0.296 e. The summed E-state index contributed by atoms with van der Waals surface area (Å²) in [6.45, 7) is 0. The molecule has 0 atom stereocenters. The van der Waals surface area contributed by atoms with Gasteiger partial charge in [0.1, 0.15) is 5.69 Å². The molecule has 1 aromatic carbocycles. The van der Waals surface area contributed by atoms with E-state index in [4.69, 9.17) is 11.6 Å². The van der Waals surface area contributed by atoms with Crippen molar-refractivity contribution in [3.05, 3.63) is 71.0 Å². The number of carbonyl (C=O) groups excluding carboxylic acids is 1. The van der Waals surface area contributed by atoms with Crippen LogP contribution in [0.25, 0.3) is 22.5 Å². The highest BCUT2D eigenvalue weighted by Crippen LogP contribution is 2.25. The zero-order valence-electron chi connectivity index (χ0n) is 14.3. The van der Waals surface area contributed by atoms with Crippen LogP contribution >= 0.6 is 22.9 Å². The molecule has 0 unspecified atom stereocenters. The Morgan fingerprint density at radius 2 is 1.78 bits per heavy atom. The molecule has 0 saturated carbocycles. The topological polar surface area (TPSA) is 72.7 Å². The summed E-state index contributed by atoms with van der Waals surface area (Å²) < 4.78 is 1.55. The van der Waals surface area contributed by atoms with E-state index < -0.39 is 0 Å². The predicted octanol–water partition coefficient (Wildman–Crippen LogP) is 4.51.